The highest BCUT2D eigenvalue weighted by atomic mass is 16.5. The first-order valence-corrected chi connectivity index (χ1v) is 6.43. The molecule has 0 aromatic heterocycles. The summed E-state index contributed by atoms with van der Waals surface area (Å²) in [5.74, 6) is 0.946. The van der Waals surface area contributed by atoms with Gasteiger partial charge in [-0.05, 0) is 5.56 Å². The Bertz CT molecular complexity index is 628. The predicted octanol–water partition coefficient (Wildman–Crippen LogP) is 3.36. The van der Waals surface area contributed by atoms with Crippen LogP contribution >= 0.6 is 0 Å². The van der Waals surface area contributed by atoms with Crippen LogP contribution in [0.4, 0.5) is 5.69 Å². The molecule has 0 spiro atoms. The summed E-state index contributed by atoms with van der Waals surface area (Å²) in [5.41, 5.74) is 1.77. The Kier molecular flexibility index (Phi) is 4.61. The molecular formula is C17H17NO3. The van der Waals surface area contributed by atoms with E-state index in [4.69, 9.17) is 9.47 Å². The first-order chi connectivity index (χ1) is 10.1. The van der Waals surface area contributed by atoms with Crippen molar-refractivity contribution in [2.45, 2.75) is 0 Å². The Balaban J connectivity index is 2.18. The molecule has 1 N–H and O–H groups in total. The minimum Gasteiger partial charge on any atom is -0.497 e. The second kappa shape index (κ2) is 6.61. The monoisotopic (exact) mass is 283 g/mol. The number of benzene rings is 2. The molecule has 0 heterocycles. The Morgan fingerprint density at radius 1 is 1.00 bits per heavy atom. The smallest absolute Gasteiger partial charge is 0.255 e. The third kappa shape index (κ3) is 3.63. The topological polar surface area (TPSA) is 47.6 Å². The quantitative estimate of drug-likeness (QED) is 0.856. The van der Waals surface area contributed by atoms with E-state index in [1.54, 1.807) is 32.4 Å². The van der Waals surface area contributed by atoms with Gasteiger partial charge in [0.1, 0.15) is 11.5 Å². The summed E-state index contributed by atoms with van der Waals surface area (Å²) in [4.78, 5) is 12.2. The van der Waals surface area contributed by atoms with Crippen molar-refractivity contribution in [2.24, 2.45) is 0 Å². The zero-order chi connectivity index (χ0) is 15.2. The lowest BCUT2D eigenvalue weighted by Gasteiger charge is -2.11. The Labute approximate surface area is 124 Å². The number of hydrogen-bond acceptors (Lipinski definition) is 3. The van der Waals surface area contributed by atoms with E-state index in [0.29, 0.717) is 22.8 Å². The lowest BCUT2D eigenvalue weighted by atomic mass is 10.1. The molecule has 0 saturated heterocycles. The molecule has 0 aliphatic carbocycles. The number of ether oxygens (including phenoxy) is 2. The van der Waals surface area contributed by atoms with Crippen LogP contribution in [0.5, 0.6) is 11.5 Å². The molecule has 0 aliphatic rings. The van der Waals surface area contributed by atoms with Crippen molar-refractivity contribution in [1.29, 1.82) is 0 Å². The largest absolute Gasteiger partial charge is 0.497 e. The maximum atomic E-state index is 12.2. The highest BCUT2D eigenvalue weighted by molar-refractivity contribution is 6.24. The van der Waals surface area contributed by atoms with Gasteiger partial charge < -0.3 is 14.8 Å². The van der Waals surface area contributed by atoms with Crippen molar-refractivity contribution >= 4 is 17.2 Å². The standard InChI is InChI=1S/C17H17NO3/c1-12(13-7-5-4-6-8-13)17(19)18-14-9-15(20-2)11-16(10-14)21-3/h4-11H,1H2,2-3H3,(H,18,19). The second-order valence-corrected chi connectivity index (χ2v) is 4.40. The fourth-order valence-corrected chi connectivity index (χ4v) is 1.86. The number of methoxy groups -OCH3 is 2. The summed E-state index contributed by atoms with van der Waals surface area (Å²) in [6, 6.07) is 14.5. The molecule has 2 aromatic rings. The molecule has 0 bridgehead atoms. The number of nitrogens with one attached hydrogen (secondary N) is 1. The highest BCUT2D eigenvalue weighted by Crippen LogP contribution is 2.26. The molecule has 0 atom stereocenters. The average Bonchev–Trinajstić information content (AvgIpc) is 2.54. The van der Waals surface area contributed by atoms with Crippen LogP contribution in [0, 0.1) is 0 Å². The molecular weight excluding hydrogens is 266 g/mol. The van der Waals surface area contributed by atoms with Crippen LogP contribution in [-0.4, -0.2) is 20.1 Å². The zero-order valence-electron chi connectivity index (χ0n) is 12.1. The minimum absolute atomic E-state index is 0.267. The summed E-state index contributed by atoms with van der Waals surface area (Å²) in [6.07, 6.45) is 0. The Morgan fingerprint density at radius 2 is 1.57 bits per heavy atom. The molecule has 21 heavy (non-hydrogen) atoms. The second-order valence-electron chi connectivity index (χ2n) is 4.40. The maximum Gasteiger partial charge on any atom is 0.255 e. The lowest BCUT2D eigenvalue weighted by Crippen LogP contribution is -2.13. The van der Waals surface area contributed by atoms with Gasteiger partial charge in [0.2, 0.25) is 0 Å². The van der Waals surface area contributed by atoms with E-state index in [2.05, 4.69) is 11.9 Å². The van der Waals surface area contributed by atoms with E-state index in [0.717, 1.165) is 5.56 Å². The summed E-state index contributed by atoms with van der Waals surface area (Å²) in [6.45, 7) is 3.83. The third-order valence-corrected chi connectivity index (χ3v) is 3.01. The summed E-state index contributed by atoms with van der Waals surface area (Å²) < 4.78 is 10.3. The molecule has 0 aliphatic heterocycles. The molecule has 1 amide bonds. The number of carbonyl (C=O) groups excluding carboxylic acids is 1. The van der Waals surface area contributed by atoms with E-state index < -0.39 is 0 Å². The Morgan fingerprint density at radius 3 is 2.10 bits per heavy atom. The summed E-state index contributed by atoms with van der Waals surface area (Å²) >= 11 is 0. The molecule has 0 saturated carbocycles. The highest BCUT2D eigenvalue weighted by Gasteiger charge is 2.11. The maximum absolute atomic E-state index is 12.2. The molecule has 4 nitrogen and oxygen atoms in total. The molecule has 108 valence electrons. The van der Waals surface area contributed by atoms with Crippen molar-refractivity contribution in [1.82, 2.24) is 0 Å². The van der Waals surface area contributed by atoms with Crippen molar-refractivity contribution in [2.75, 3.05) is 19.5 Å². The van der Waals surface area contributed by atoms with Gasteiger partial charge in [0.25, 0.3) is 5.91 Å². The van der Waals surface area contributed by atoms with Crippen LogP contribution in [0.25, 0.3) is 5.57 Å². The molecule has 0 radical (unpaired) electrons. The molecule has 2 rings (SSSR count). The van der Waals surface area contributed by atoms with Gasteiger partial charge in [-0.2, -0.15) is 0 Å². The van der Waals surface area contributed by atoms with Crippen molar-refractivity contribution in [3.8, 4) is 11.5 Å². The van der Waals surface area contributed by atoms with E-state index >= 15 is 0 Å². The van der Waals surface area contributed by atoms with E-state index in [-0.39, 0.29) is 5.91 Å². The van der Waals surface area contributed by atoms with Crippen LogP contribution in [-0.2, 0) is 4.79 Å². The zero-order valence-corrected chi connectivity index (χ0v) is 12.1. The van der Waals surface area contributed by atoms with E-state index in [1.165, 1.54) is 0 Å². The van der Waals surface area contributed by atoms with Gasteiger partial charge in [-0.25, -0.2) is 0 Å². The summed E-state index contributed by atoms with van der Waals surface area (Å²) in [5, 5.41) is 2.79. The van der Waals surface area contributed by atoms with Crippen LogP contribution < -0.4 is 14.8 Å². The molecule has 0 fully saturated rings. The number of carbonyl (C=O) groups is 1. The van der Waals surface area contributed by atoms with Gasteiger partial charge in [-0.3, -0.25) is 4.79 Å². The van der Waals surface area contributed by atoms with Gasteiger partial charge in [0.15, 0.2) is 0 Å². The van der Waals surface area contributed by atoms with Crippen LogP contribution in [0.1, 0.15) is 5.56 Å². The van der Waals surface area contributed by atoms with Gasteiger partial charge in [-0.1, -0.05) is 36.9 Å². The number of anilines is 1. The number of rotatable bonds is 5. The normalized spacial score (nSPS) is 9.81. The van der Waals surface area contributed by atoms with Crippen molar-refractivity contribution in [3.63, 3.8) is 0 Å². The fraction of sp³-hybridized carbons (Fsp3) is 0.118. The first-order valence-electron chi connectivity index (χ1n) is 6.43. The van der Waals surface area contributed by atoms with E-state index in [9.17, 15) is 4.79 Å². The van der Waals surface area contributed by atoms with Crippen molar-refractivity contribution in [3.05, 3.63) is 60.7 Å². The van der Waals surface area contributed by atoms with E-state index in [1.807, 2.05) is 30.3 Å². The van der Waals surface area contributed by atoms with Crippen LogP contribution in [0.2, 0.25) is 0 Å². The minimum atomic E-state index is -0.267. The average molecular weight is 283 g/mol. The number of amides is 1. The summed E-state index contributed by atoms with van der Waals surface area (Å²) in [7, 11) is 3.12. The predicted molar refractivity (Wildman–Crippen MR) is 83.7 cm³/mol. The lowest BCUT2D eigenvalue weighted by molar-refractivity contribution is -0.111. The van der Waals surface area contributed by atoms with Gasteiger partial charge in [-0.15, -0.1) is 0 Å². The Hall–Kier alpha value is -2.75. The van der Waals surface area contributed by atoms with Gasteiger partial charge in [0.05, 0.1) is 14.2 Å². The van der Waals surface area contributed by atoms with Crippen molar-refractivity contribution < 1.29 is 14.3 Å². The van der Waals surface area contributed by atoms with Gasteiger partial charge in [0, 0.05) is 29.5 Å². The first kappa shape index (κ1) is 14.7. The van der Waals surface area contributed by atoms with Crippen LogP contribution in [0.15, 0.2) is 55.1 Å². The SMILES string of the molecule is C=C(C(=O)Nc1cc(OC)cc(OC)c1)c1ccccc1. The fourth-order valence-electron chi connectivity index (χ4n) is 1.86. The van der Waals surface area contributed by atoms with Crippen LogP contribution in [0.3, 0.4) is 0 Å². The molecule has 0 unspecified atom stereocenters. The third-order valence-electron chi connectivity index (χ3n) is 3.01. The molecule has 4 heteroatoms. The number of hydrogen-bond donors (Lipinski definition) is 1. The van der Waals surface area contributed by atoms with Gasteiger partial charge >= 0.3 is 0 Å². The molecule has 2 aromatic carbocycles.